The second kappa shape index (κ2) is 8.15. The molecule has 2 heterocycles. The van der Waals surface area contributed by atoms with Crippen molar-refractivity contribution in [1.29, 1.82) is 0 Å². The van der Waals surface area contributed by atoms with Gasteiger partial charge in [-0.1, -0.05) is 49.4 Å². The smallest absolute Gasteiger partial charge is 0.411 e. The third-order valence-corrected chi connectivity index (χ3v) is 3.93. The van der Waals surface area contributed by atoms with Gasteiger partial charge in [-0.05, 0) is 29.2 Å². The summed E-state index contributed by atoms with van der Waals surface area (Å²) in [5, 5.41) is 6.81. The second-order valence-corrected chi connectivity index (χ2v) is 5.64. The summed E-state index contributed by atoms with van der Waals surface area (Å²) in [4.78, 5) is 0. The Morgan fingerprint density at radius 3 is 2.78 bits per heavy atom. The topological polar surface area (TPSA) is 42.5 Å². The highest BCUT2D eigenvalue weighted by molar-refractivity contribution is 6.70. The van der Waals surface area contributed by atoms with Gasteiger partial charge in [0.05, 0.1) is 13.2 Å². The molecule has 0 saturated heterocycles. The fraction of sp³-hybridized carbons (Fsp3) is 0.333. The van der Waals surface area contributed by atoms with Gasteiger partial charge in [0.15, 0.2) is 0 Å². The third kappa shape index (κ3) is 4.35. The second-order valence-electron chi connectivity index (χ2n) is 5.64. The largest absolute Gasteiger partial charge is 0.449 e. The predicted octanol–water partition coefficient (Wildman–Crippen LogP) is 2.15. The molecule has 2 aliphatic rings. The van der Waals surface area contributed by atoms with E-state index in [1.807, 2.05) is 12.1 Å². The van der Waals surface area contributed by atoms with Crippen molar-refractivity contribution in [1.82, 2.24) is 5.32 Å². The van der Waals surface area contributed by atoms with Crippen LogP contribution in [0.25, 0.3) is 0 Å². The van der Waals surface area contributed by atoms with Gasteiger partial charge < -0.3 is 19.9 Å². The molecule has 2 aliphatic heterocycles. The van der Waals surface area contributed by atoms with E-state index < -0.39 is 0 Å². The van der Waals surface area contributed by atoms with E-state index in [0.29, 0.717) is 19.8 Å². The Kier molecular flexibility index (Phi) is 5.69. The molecule has 120 valence electrons. The van der Waals surface area contributed by atoms with E-state index >= 15 is 0 Å². The Hall–Kier alpha value is -1.82. The maximum absolute atomic E-state index is 6.08. The molecule has 0 spiro atoms. The van der Waals surface area contributed by atoms with E-state index in [1.54, 1.807) is 0 Å². The van der Waals surface area contributed by atoms with Gasteiger partial charge in [0.2, 0.25) is 0 Å². The number of likely N-dealkylation sites (N-methyl/N-ethyl adjacent to an activating group) is 1. The quantitative estimate of drug-likeness (QED) is 0.656. The van der Waals surface area contributed by atoms with Crippen molar-refractivity contribution in [3.05, 3.63) is 59.7 Å². The molecule has 0 atom stereocenters. The van der Waals surface area contributed by atoms with Crippen LogP contribution in [-0.2, 0) is 22.6 Å². The number of hydrogen-bond acceptors (Lipinski definition) is 4. The molecule has 4 rings (SSSR count). The maximum Gasteiger partial charge on any atom is 0.449 e. The lowest BCUT2D eigenvalue weighted by Crippen LogP contribution is -2.43. The summed E-state index contributed by atoms with van der Waals surface area (Å²) in [5.41, 5.74) is 4.52. The number of nitrogens with one attached hydrogen (secondary N) is 2. The molecule has 0 aromatic heterocycles. The minimum absolute atomic E-state index is 0.165. The van der Waals surface area contributed by atoms with E-state index in [4.69, 9.17) is 9.39 Å². The Bertz CT molecular complexity index is 619. The average molecular weight is 310 g/mol. The molecule has 4 nitrogen and oxygen atoms in total. The fourth-order valence-corrected chi connectivity index (χ4v) is 2.64. The molecule has 23 heavy (non-hydrogen) atoms. The molecule has 0 amide bonds. The Balaban J connectivity index is 1.82. The van der Waals surface area contributed by atoms with E-state index in [-0.39, 0.29) is 7.05 Å². The zero-order valence-corrected chi connectivity index (χ0v) is 13.5. The monoisotopic (exact) mass is 310 g/mol. The van der Waals surface area contributed by atoms with Crippen molar-refractivity contribution in [3.63, 3.8) is 0 Å². The number of fused-ring (bicyclic) bond motifs is 5. The highest BCUT2D eigenvalue weighted by atomic mass is 16.5. The molecule has 0 saturated carbocycles. The van der Waals surface area contributed by atoms with Crippen LogP contribution in [0.1, 0.15) is 18.1 Å². The summed E-state index contributed by atoms with van der Waals surface area (Å²) in [7, 11) is -0.165. The van der Waals surface area contributed by atoms with Crippen LogP contribution < -0.4 is 16.0 Å². The first-order valence-corrected chi connectivity index (χ1v) is 8.20. The summed E-state index contributed by atoms with van der Waals surface area (Å²) in [5.74, 6) is 0. The van der Waals surface area contributed by atoms with Gasteiger partial charge in [-0.3, -0.25) is 0 Å². The van der Waals surface area contributed by atoms with E-state index in [9.17, 15) is 0 Å². The van der Waals surface area contributed by atoms with Gasteiger partial charge in [-0.25, -0.2) is 0 Å². The average Bonchev–Trinajstić information content (AvgIpc) is 2.64. The summed E-state index contributed by atoms with van der Waals surface area (Å²) >= 11 is 0. The Morgan fingerprint density at radius 1 is 1.13 bits per heavy atom. The highest BCUT2D eigenvalue weighted by Crippen LogP contribution is 2.18. The summed E-state index contributed by atoms with van der Waals surface area (Å²) in [6, 6.07) is 16.7. The van der Waals surface area contributed by atoms with E-state index in [1.165, 1.54) is 5.56 Å². The van der Waals surface area contributed by atoms with Crippen LogP contribution in [0.3, 0.4) is 0 Å². The number of benzene rings is 2. The lowest BCUT2D eigenvalue weighted by Gasteiger charge is -2.19. The molecule has 0 fully saturated rings. The van der Waals surface area contributed by atoms with E-state index in [0.717, 1.165) is 29.8 Å². The lowest BCUT2D eigenvalue weighted by molar-refractivity contribution is 0.107. The lowest BCUT2D eigenvalue weighted by atomic mass is 9.72. The summed E-state index contributed by atoms with van der Waals surface area (Å²) in [6.07, 6.45) is 0. The SMILES string of the molecule is CCNCCOB1Nc2ccccc2COCc2ccc1cc2. The summed E-state index contributed by atoms with van der Waals surface area (Å²) < 4.78 is 11.9. The van der Waals surface area contributed by atoms with Gasteiger partial charge in [0, 0.05) is 18.8 Å². The Labute approximate surface area is 138 Å². The first-order chi connectivity index (χ1) is 11.4. The number of hydrogen-bond donors (Lipinski definition) is 2. The van der Waals surface area contributed by atoms with Gasteiger partial charge in [-0.2, -0.15) is 0 Å². The van der Waals surface area contributed by atoms with Gasteiger partial charge in [0.1, 0.15) is 0 Å². The van der Waals surface area contributed by atoms with Crippen LogP contribution in [-0.4, -0.2) is 26.7 Å². The third-order valence-electron chi connectivity index (χ3n) is 3.93. The minimum atomic E-state index is -0.165. The first-order valence-electron chi connectivity index (χ1n) is 8.20. The van der Waals surface area contributed by atoms with Crippen molar-refractivity contribution in [2.45, 2.75) is 20.1 Å². The van der Waals surface area contributed by atoms with Gasteiger partial charge in [-0.15, -0.1) is 0 Å². The highest BCUT2D eigenvalue weighted by Gasteiger charge is 2.21. The van der Waals surface area contributed by atoms with Crippen molar-refractivity contribution in [2.75, 3.05) is 24.9 Å². The van der Waals surface area contributed by atoms with Crippen molar-refractivity contribution < 1.29 is 9.39 Å². The molecule has 2 aromatic carbocycles. The van der Waals surface area contributed by atoms with Crippen molar-refractivity contribution in [2.24, 2.45) is 0 Å². The molecular weight excluding hydrogens is 287 g/mol. The van der Waals surface area contributed by atoms with E-state index in [2.05, 4.69) is 53.9 Å². The zero-order valence-electron chi connectivity index (χ0n) is 13.5. The van der Waals surface area contributed by atoms with Crippen LogP contribution in [0.5, 0.6) is 0 Å². The number of rotatable bonds is 5. The van der Waals surface area contributed by atoms with Crippen LogP contribution in [0.15, 0.2) is 48.5 Å². The number of para-hydroxylation sites is 1. The van der Waals surface area contributed by atoms with Crippen LogP contribution in [0, 0.1) is 0 Å². The fourth-order valence-electron chi connectivity index (χ4n) is 2.64. The van der Waals surface area contributed by atoms with Crippen LogP contribution in [0.4, 0.5) is 5.69 Å². The van der Waals surface area contributed by atoms with Crippen LogP contribution in [0.2, 0.25) is 0 Å². The molecule has 5 heteroatoms. The normalized spacial score (nSPS) is 14.0. The van der Waals surface area contributed by atoms with Crippen LogP contribution >= 0.6 is 0 Å². The number of ether oxygens (including phenoxy) is 1. The molecular formula is C18H23BN2O2. The molecule has 0 radical (unpaired) electrons. The summed E-state index contributed by atoms with van der Waals surface area (Å²) in [6.45, 7) is 5.77. The molecule has 0 unspecified atom stereocenters. The molecule has 2 bridgehead atoms. The maximum atomic E-state index is 6.08. The standard InChI is InChI=1S/C18H23BN2O2/c1-2-20-11-12-23-19-17-9-7-15(8-10-17)13-22-14-16-5-3-4-6-18(16)21-19/h3-10,20-21H,2,11-14H2,1H3. The van der Waals surface area contributed by atoms with Crippen molar-refractivity contribution >= 4 is 18.2 Å². The molecule has 2 N–H and O–H groups in total. The minimum Gasteiger partial charge on any atom is -0.411 e. The molecule has 0 aliphatic carbocycles. The zero-order chi connectivity index (χ0) is 15.9. The van der Waals surface area contributed by atoms with Crippen molar-refractivity contribution in [3.8, 4) is 0 Å². The predicted molar refractivity (Wildman–Crippen MR) is 94.9 cm³/mol. The molecule has 2 aromatic rings. The first kappa shape index (κ1) is 16.1. The van der Waals surface area contributed by atoms with Gasteiger partial charge in [0.25, 0.3) is 0 Å². The Morgan fingerprint density at radius 2 is 1.96 bits per heavy atom. The van der Waals surface area contributed by atoms with Gasteiger partial charge >= 0.3 is 7.05 Å². The number of anilines is 1.